The summed E-state index contributed by atoms with van der Waals surface area (Å²) < 4.78 is 8.94. The van der Waals surface area contributed by atoms with Crippen LogP contribution in [0, 0.1) is 0 Å². The second-order valence-electron chi connectivity index (χ2n) is 2.58. The van der Waals surface area contributed by atoms with Gasteiger partial charge in [-0.1, -0.05) is 0 Å². The standard InChI is InChI=1S/C8H13NO6/c9-4-7(12)15-5-8(13)14-3-1-2-6(10)11/h1-5,9H2,(H,10,11). The first-order valence-corrected chi connectivity index (χ1v) is 4.29. The van der Waals surface area contributed by atoms with Gasteiger partial charge in [-0.15, -0.1) is 0 Å². The Labute approximate surface area is 86.1 Å². The van der Waals surface area contributed by atoms with E-state index in [0.29, 0.717) is 0 Å². The normalized spacial score (nSPS) is 9.40. The molecule has 86 valence electrons. The molecule has 0 aromatic carbocycles. The predicted molar refractivity (Wildman–Crippen MR) is 47.8 cm³/mol. The van der Waals surface area contributed by atoms with Crippen LogP contribution in [0.25, 0.3) is 0 Å². The topological polar surface area (TPSA) is 116 Å². The molecule has 3 N–H and O–H groups in total. The van der Waals surface area contributed by atoms with Gasteiger partial charge in [-0.2, -0.15) is 0 Å². The molecule has 0 spiro atoms. The van der Waals surface area contributed by atoms with Crippen molar-refractivity contribution < 1.29 is 29.0 Å². The Morgan fingerprint density at radius 3 is 2.33 bits per heavy atom. The lowest BCUT2D eigenvalue weighted by atomic mass is 10.3. The van der Waals surface area contributed by atoms with Crippen LogP contribution in [0.4, 0.5) is 0 Å². The van der Waals surface area contributed by atoms with E-state index in [9.17, 15) is 14.4 Å². The third-order valence-electron chi connectivity index (χ3n) is 1.32. The van der Waals surface area contributed by atoms with E-state index < -0.39 is 24.5 Å². The van der Waals surface area contributed by atoms with E-state index in [1.807, 2.05) is 0 Å². The molecule has 0 aliphatic heterocycles. The Bertz CT molecular complexity index is 239. The van der Waals surface area contributed by atoms with Gasteiger partial charge in [0.05, 0.1) is 13.2 Å². The van der Waals surface area contributed by atoms with Crippen molar-refractivity contribution in [3.05, 3.63) is 0 Å². The Balaban J connectivity index is 3.41. The summed E-state index contributed by atoms with van der Waals surface area (Å²) in [4.78, 5) is 31.4. The SMILES string of the molecule is NCC(=O)OCC(=O)OCCCC(=O)O. The Morgan fingerprint density at radius 1 is 1.13 bits per heavy atom. The molecule has 0 unspecified atom stereocenters. The highest BCUT2D eigenvalue weighted by molar-refractivity contribution is 5.77. The first kappa shape index (κ1) is 13.4. The lowest BCUT2D eigenvalue weighted by Gasteiger charge is -2.04. The lowest BCUT2D eigenvalue weighted by molar-refractivity contribution is -0.158. The summed E-state index contributed by atoms with van der Waals surface area (Å²) in [6.45, 7) is -0.805. The molecule has 15 heavy (non-hydrogen) atoms. The van der Waals surface area contributed by atoms with E-state index in [1.54, 1.807) is 0 Å². The highest BCUT2D eigenvalue weighted by Crippen LogP contribution is 1.91. The fourth-order valence-electron chi connectivity index (χ4n) is 0.649. The molecule has 7 heteroatoms. The van der Waals surface area contributed by atoms with Crippen molar-refractivity contribution in [2.24, 2.45) is 5.73 Å². The van der Waals surface area contributed by atoms with Gasteiger partial charge in [0.25, 0.3) is 0 Å². The lowest BCUT2D eigenvalue weighted by Crippen LogP contribution is -2.22. The maximum Gasteiger partial charge on any atom is 0.344 e. The number of carboxylic acids is 1. The second kappa shape index (κ2) is 7.74. The third-order valence-corrected chi connectivity index (χ3v) is 1.32. The summed E-state index contributed by atoms with van der Waals surface area (Å²) in [5.41, 5.74) is 4.92. The monoisotopic (exact) mass is 219 g/mol. The van der Waals surface area contributed by atoms with Gasteiger partial charge in [0.15, 0.2) is 6.61 Å². The molecule has 0 fully saturated rings. The molecule has 0 radical (unpaired) electrons. The number of rotatable bonds is 7. The highest BCUT2D eigenvalue weighted by atomic mass is 16.6. The van der Waals surface area contributed by atoms with Crippen molar-refractivity contribution in [2.45, 2.75) is 12.8 Å². The van der Waals surface area contributed by atoms with Gasteiger partial charge in [-0.25, -0.2) is 4.79 Å². The minimum atomic E-state index is -0.958. The van der Waals surface area contributed by atoms with Gasteiger partial charge in [0, 0.05) is 6.42 Å². The van der Waals surface area contributed by atoms with E-state index in [0.717, 1.165) is 0 Å². The van der Waals surface area contributed by atoms with Crippen LogP contribution in [0.5, 0.6) is 0 Å². The molecule has 0 bridgehead atoms. The zero-order valence-corrected chi connectivity index (χ0v) is 8.10. The molecule has 0 amide bonds. The van der Waals surface area contributed by atoms with Crippen LogP contribution in [0.15, 0.2) is 0 Å². The first-order valence-electron chi connectivity index (χ1n) is 4.29. The van der Waals surface area contributed by atoms with Gasteiger partial charge in [0.1, 0.15) is 0 Å². The molecular formula is C8H13NO6. The van der Waals surface area contributed by atoms with Crippen LogP contribution >= 0.6 is 0 Å². The molecule has 0 aromatic heterocycles. The van der Waals surface area contributed by atoms with Crippen molar-refractivity contribution >= 4 is 17.9 Å². The highest BCUT2D eigenvalue weighted by Gasteiger charge is 2.07. The smallest absolute Gasteiger partial charge is 0.344 e. The number of ether oxygens (including phenoxy) is 2. The number of carboxylic acid groups (broad SMARTS) is 1. The minimum absolute atomic E-state index is 0.00862. The second-order valence-corrected chi connectivity index (χ2v) is 2.58. The molecule has 0 aliphatic rings. The predicted octanol–water partition coefficient (Wildman–Crippen LogP) is -1.10. The number of aliphatic carboxylic acids is 1. The van der Waals surface area contributed by atoms with E-state index >= 15 is 0 Å². The molecule has 0 aliphatic carbocycles. The Hall–Kier alpha value is -1.63. The van der Waals surface area contributed by atoms with Crippen molar-refractivity contribution in [1.82, 2.24) is 0 Å². The number of hydrogen-bond acceptors (Lipinski definition) is 6. The van der Waals surface area contributed by atoms with E-state index in [1.165, 1.54) is 0 Å². The maximum atomic E-state index is 10.8. The minimum Gasteiger partial charge on any atom is -0.481 e. The molecule has 0 aromatic rings. The number of carbonyl (C=O) groups is 3. The summed E-state index contributed by atoms with van der Waals surface area (Å²) in [7, 11) is 0. The summed E-state index contributed by atoms with van der Waals surface area (Å²) in [5, 5.41) is 8.26. The van der Waals surface area contributed by atoms with Crippen molar-refractivity contribution in [2.75, 3.05) is 19.8 Å². The quantitative estimate of drug-likeness (QED) is 0.412. The van der Waals surface area contributed by atoms with Crippen molar-refractivity contribution in [1.29, 1.82) is 0 Å². The van der Waals surface area contributed by atoms with Crippen molar-refractivity contribution in [3.8, 4) is 0 Å². The fourth-order valence-corrected chi connectivity index (χ4v) is 0.649. The summed E-state index contributed by atoms with van der Waals surface area (Å²) in [6.07, 6.45) is 0.155. The van der Waals surface area contributed by atoms with Gasteiger partial charge in [0.2, 0.25) is 0 Å². The number of carbonyl (C=O) groups excluding carboxylic acids is 2. The van der Waals surface area contributed by atoms with Crippen LogP contribution in [-0.2, 0) is 23.9 Å². The molecule has 0 saturated carbocycles. The van der Waals surface area contributed by atoms with Crippen LogP contribution in [-0.4, -0.2) is 42.8 Å². The van der Waals surface area contributed by atoms with E-state index in [4.69, 9.17) is 10.8 Å². The Kier molecular flexibility index (Phi) is 6.90. The molecule has 0 rings (SSSR count). The molecule has 0 saturated heterocycles. The average molecular weight is 219 g/mol. The fraction of sp³-hybridized carbons (Fsp3) is 0.625. The van der Waals surface area contributed by atoms with Gasteiger partial charge >= 0.3 is 17.9 Å². The number of nitrogens with two attached hydrogens (primary N) is 1. The molecule has 0 atom stereocenters. The van der Waals surface area contributed by atoms with E-state index in [2.05, 4.69) is 9.47 Å². The first-order chi connectivity index (χ1) is 7.06. The average Bonchev–Trinajstić information content (AvgIpc) is 2.20. The van der Waals surface area contributed by atoms with E-state index in [-0.39, 0.29) is 26.0 Å². The summed E-state index contributed by atoms with van der Waals surface area (Å²) >= 11 is 0. The largest absolute Gasteiger partial charge is 0.481 e. The van der Waals surface area contributed by atoms with Crippen LogP contribution in [0.2, 0.25) is 0 Å². The van der Waals surface area contributed by atoms with Gasteiger partial charge in [-0.3, -0.25) is 9.59 Å². The van der Waals surface area contributed by atoms with Crippen LogP contribution in [0.1, 0.15) is 12.8 Å². The summed E-state index contributed by atoms with van der Waals surface area (Å²) in [6, 6.07) is 0. The maximum absolute atomic E-state index is 10.8. The zero-order chi connectivity index (χ0) is 11.7. The number of hydrogen-bond donors (Lipinski definition) is 2. The summed E-state index contributed by atoms with van der Waals surface area (Å²) in [5.74, 6) is -2.37. The van der Waals surface area contributed by atoms with Crippen LogP contribution in [0.3, 0.4) is 0 Å². The van der Waals surface area contributed by atoms with Gasteiger partial charge in [-0.05, 0) is 6.42 Å². The molecule has 0 heterocycles. The third kappa shape index (κ3) is 8.69. The number of esters is 2. The van der Waals surface area contributed by atoms with Crippen molar-refractivity contribution in [3.63, 3.8) is 0 Å². The Morgan fingerprint density at radius 2 is 1.80 bits per heavy atom. The molecule has 7 nitrogen and oxygen atoms in total. The molecular weight excluding hydrogens is 206 g/mol. The van der Waals surface area contributed by atoms with Crippen LogP contribution < -0.4 is 5.73 Å². The zero-order valence-electron chi connectivity index (χ0n) is 8.10. The van der Waals surface area contributed by atoms with Gasteiger partial charge < -0.3 is 20.3 Å².